The normalized spacial score (nSPS) is 9.94. The molecule has 18 heavy (non-hydrogen) atoms. The molecular formula is C13H21FO4. The molecule has 0 radical (unpaired) electrons. The first-order valence-corrected chi connectivity index (χ1v) is 5.63. The summed E-state index contributed by atoms with van der Waals surface area (Å²) >= 11 is 0. The third-order valence-corrected chi connectivity index (χ3v) is 1.48. The molecule has 0 aliphatic carbocycles. The van der Waals surface area contributed by atoms with E-state index in [1.54, 1.807) is 6.92 Å². The summed E-state index contributed by atoms with van der Waals surface area (Å²) in [6.07, 6.45) is 1.16. The van der Waals surface area contributed by atoms with Crippen molar-refractivity contribution in [3.05, 3.63) is 24.4 Å². The summed E-state index contributed by atoms with van der Waals surface area (Å²) in [5, 5.41) is 0. The van der Waals surface area contributed by atoms with Gasteiger partial charge in [-0.25, -0.2) is 0 Å². The van der Waals surface area contributed by atoms with Crippen molar-refractivity contribution in [3.8, 4) is 0 Å². The van der Waals surface area contributed by atoms with Gasteiger partial charge in [0.05, 0.1) is 25.4 Å². The lowest BCUT2D eigenvalue weighted by atomic mass is 10.3. The zero-order chi connectivity index (χ0) is 14.6. The largest absolute Gasteiger partial charge is 0.498 e. The standard InChI is InChI=1S/C7H12O2.C6H9FO2/c1-4-9-7(3)5-6(2)8;1-3-9-4-6(7)5(2)8/h3-5H2,1-2H3;4H,3H2,1-2H3/b;6-4+. The van der Waals surface area contributed by atoms with Gasteiger partial charge in [0.15, 0.2) is 11.6 Å². The molecule has 0 aromatic carbocycles. The minimum atomic E-state index is -0.836. The van der Waals surface area contributed by atoms with Gasteiger partial charge in [0.2, 0.25) is 0 Å². The number of allylic oxidation sites excluding steroid dienone is 2. The fourth-order valence-corrected chi connectivity index (χ4v) is 0.772. The number of Topliss-reactive ketones (excluding diaryl/α,β-unsaturated/α-hetero) is 2. The van der Waals surface area contributed by atoms with Gasteiger partial charge in [-0.1, -0.05) is 6.58 Å². The Morgan fingerprint density at radius 2 is 1.78 bits per heavy atom. The van der Waals surface area contributed by atoms with Crippen molar-refractivity contribution in [2.45, 2.75) is 34.1 Å². The molecule has 0 aromatic heterocycles. The van der Waals surface area contributed by atoms with E-state index in [4.69, 9.17) is 4.74 Å². The zero-order valence-electron chi connectivity index (χ0n) is 11.4. The van der Waals surface area contributed by atoms with Crippen LogP contribution in [0.2, 0.25) is 0 Å². The van der Waals surface area contributed by atoms with Gasteiger partial charge in [-0.3, -0.25) is 9.59 Å². The summed E-state index contributed by atoms with van der Waals surface area (Å²) in [7, 11) is 0. The number of halogens is 1. The van der Waals surface area contributed by atoms with Gasteiger partial charge in [-0.05, 0) is 20.8 Å². The molecule has 0 spiro atoms. The van der Waals surface area contributed by atoms with Gasteiger partial charge in [-0.15, -0.1) is 0 Å². The number of carbonyl (C=O) groups excluding carboxylic acids is 2. The van der Waals surface area contributed by atoms with Gasteiger partial charge < -0.3 is 9.47 Å². The van der Waals surface area contributed by atoms with E-state index in [2.05, 4.69) is 11.3 Å². The van der Waals surface area contributed by atoms with E-state index in [-0.39, 0.29) is 5.78 Å². The molecule has 104 valence electrons. The van der Waals surface area contributed by atoms with Crippen LogP contribution in [0.1, 0.15) is 34.1 Å². The highest BCUT2D eigenvalue weighted by atomic mass is 19.1. The molecule has 0 unspecified atom stereocenters. The minimum absolute atomic E-state index is 0.0912. The second-order valence-electron chi connectivity index (χ2n) is 3.33. The maximum atomic E-state index is 12.1. The lowest BCUT2D eigenvalue weighted by Gasteiger charge is -2.02. The molecule has 0 fully saturated rings. The first-order valence-electron chi connectivity index (χ1n) is 5.63. The van der Waals surface area contributed by atoms with Crippen molar-refractivity contribution in [2.75, 3.05) is 13.2 Å². The molecule has 0 atom stereocenters. The van der Waals surface area contributed by atoms with Crippen molar-refractivity contribution in [1.29, 1.82) is 0 Å². The predicted octanol–water partition coefficient (Wildman–Crippen LogP) is 2.94. The first-order chi connectivity index (χ1) is 8.34. The molecule has 0 rings (SSSR count). The molecule has 5 heteroatoms. The van der Waals surface area contributed by atoms with Crippen LogP contribution in [0, 0.1) is 0 Å². The second kappa shape index (κ2) is 11.8. The van der Waals surface area contributed by atoms with E-state index in [1.807, 2.05) is 6.92 Å². The van der Waals surface area contributed by atoms with Crippen LogP contribution in [-0.2, 0) is 19.1 Å². The highest BCUT2D eigenvalue weighted by Gasteiger charge is 1.99. The molecule has 0 N–H and O–H groups in total. The lowest BCUT2D eigenvalue weighted by Crippen LogP contribution is -1.96. The Morgan fingerprint density at radius 3 is 2.11 bits per heavy atom. The van der Waals surface area contributed by atoms with Crippen LogP contribution < -0.4 is 0 Å². The highest BCUT2D eigenvalue weighted by Crippen LogP contribution is 1.99. The van der Waals surface area contributed by atoms with E-state index in [0.717, 1.165) is 13.2 Å². The predicted molar refractivity (Wildman–Crippen MR) is 67.6 cm³/mol. The molecule has 4 nitrogen and oxygen atoms in total. The van der Waals surface area contributed by atoms with Gasteiger partial charge in [-0.2, -0.15) is 4.39 Å². The third-order valence-electron chi connectivity index (χ3n) is 1.48. The van der Waals surface area contributed by atoms with Crippen LogP contribution in [0.15, 0.2) is 24.4 Å². The summed E-state index contributed by atoms with van der Waals surface area (Å²) < 4.78 is 21.5. The van der Waals surface area contributed by atoms with Crippen molar-refractivity contribution in [1.82, 2.24) is 0 Å². The Labute approximate surface area is 107 Å². The first kappa shape index (κ1) is 18.7. The van der Waals surface area contributed by atoms with Crippen molar-refractivity contribution in [3.63, 3.8) is 0 Å². The average Bonchev–Trinajstić information content (AvgIpc) is 2.25. The van der Waals surface area contributed by atoms with Gasteiger partial charge in [0, 0.05) is 6.92 Å². The van der Waals surface area contributed by atoms with Crippen LogP contribution in [-0.4, -0.2) is 24.8 Å². The Hall–Kier alpha value is -1.65. The smallest absolute Gasteiger partial charge is 0.200 e. The summed E-state index contributed by atoms with van der Waals surface area (Å²) in [6.45, 7) is 10.7. The number of rotatable bonds is 7. The summed E-state index contributed by atoms with van der Waals surface area (Å²) in [5.41, 5.74) is 0. The topological polar surface area (TPSA) is 52.6 Å². The van der Waals surface area contributed by atoms with Crippen LogP contribution in [0.5, 0.6) is 0 Å². The molecule has 0 saturated heterocycles. The maximum absolute atomic E-state index is 12.1. The third kappa shape index (κ3) is 14.4. The molecule has 0 heterocycles. The van der Waals surface area contributed by atoms with E-state index in [0.29, 0.717) is 25.4 Å². The maximum Gasteiger partial charge on any atom is 0.200 e. The summed E-state index contributed by atoms with van der Waals surface area (Å²) in [6, 6.07) is 0. The molecule has 0 amide bonds. The van der Waals surface area contributed by atoms with Crippen LogP contribution >= 0.6 is 0 Å². The number of carbonyl (C=O) groups is 2. The zero-order valence-corrected chi connectivity index (χ0v) is 11.4. The van der Waals surface area contributed by atoms with Gasteiger partial charge in [0.25, 0.3) is 0 Å². The SMILES string of the molecule is C=C(CC(C)=O)OCC.CCO/C=C(/F)C(C)=O. The number of ether oxygens (including phenoxy) is 2. The highest BCUT2D eigenvalue weighted by molar-refractivity contribution is 5.90. The Morgan fingerprint density at radius 1 is 1.22 bits per heavy atom. The Balaban J connectivity index is 0. The minimum Gasteiger partial charge on any atom is -0.498 e. The average molecular weight is 260 g/mol. The molecule has 0 aromatic rings. The van der Waals surface area contributed by atoms with Crippen molar-refractivity contribution in [2.24, 2.45) is 0 Å². The quantitative estimate of drug-likeness (QED) is 0.521. The number of hydrogen-bond acceptors (Lipinski definition) is 4. The van der Waals surface area contributed by atoms with Crippen LogP contribution in [0.25, 0.3) is 0 Å². The van der Waals surface area contributed by atoms with Crippen molar-refractivity contribution < 1.29 is 23.5 Å². The Kier molecular flexibility index (Phi) is 12.3. The van der Waals surface area contributed by atoms with E-state index in [1.165, 1.54) is 6.92 Å². The van der Waals surface area contributed by atoms with E-state index < -0.39 is 11.6 Å². The summed E-state index contributed by atoms with van der Waals surface area (Å²) in [4.78, 5) is 20.5. The summed E-state index contributed by atoms with van der Waals surface area (Å²) in [5.74, 6) is -0.793. The van der Waals surface area contributed by atoms with Crippen LogP contribution in [0.4, 0.5) is 4.39 Å². The van der Waals surface area contributed by atoms with Crippen molar-refractivity contribution >= 4 is 11.6 Å². The monoisotopic (exact) mass is 260 g/mol. The second-order valence-corrected chi connectivity index (χ2v) is 3.33. The fraction of sp³-hybridized carbons (Fsp3) is 0.538. The molecular weight excluding hydrogens is 239 g/mol. The molecule has 0 aliphatic rings. The van der Waals surface area contributed by atoms with E-state index >= 15 is 0 Å². The molecule has 0 saturated carbocycles. The van der Waals surface area contributed by atoms with Crippen LogP contribution in [0.3, 0.4) is 0 Å². The Bertz CT molecular complexity index is 308. The lowest BCUT2D eigenvalue weighted by molar-refractivity contribution is -0.117. The van der Waals surface area contributed by atoms with Gasteiger partial charge in [0.1, 0.15) is 12.0 Å². The number of ketones is 2. The molecule has 0 aliphatic heterocycles. The molecule has 0 bridgehead atoms. The number of hydrogen-bond donors (Lipinski definition) is 0. The van der Waals surface area contributed by atoms with Gasteiger partial charge >= 0.3 is 0 Å². The van der Waals surface area contributed by atoms with E-state index in [9.17, 15) is 14.0 Å². The fourth-order valence-electron chi connectivity index (χ4n) is 0.772.